The van der Waals surface area contributed by atoms with Gasteiger partial charge in [-0.3, -0.25) is 4.79 Å². The molecule has 3 heteroatoms. The highest BCUT2D eigenvalue weighted by molar-refractivity contribution is 5.66. The highest BCUT2D eigenvalue weighted by Gasteiger charge is 2.29. The van der Waals surface area contributed by atoms with Gasteiger partial charge in [-0.25, -0.2) is 0 Å². The molecule has 17 heavy (non-hydrogen) atoms. The first-order chi connectivity index (χ1) is 7.96. The van der Waals surface area contributed by atoms with Crippen LogP contribution in [-0.4, -0.2) is 16.7 Å². The summed E-state index contributed by atoms with van der Waals surface area (Å²) < 4.78 is 5.85. The number of fused-ring (bicyclic) bond motifs is 1. The molecule has 1 aromatic rings. The van der Waals surface area contributed by atoms with E-state index in [1.54, 1.807) is 0 Å². The van der Waals surface area contributed by atoms with Crippen LogP contribution in [0.15, 0.2) is 18.2 Å². The van der Waals surface area contributed by atoms with Crippen LogP contribution in [0.3, 0.4) is 0 Å². The molecular formula is C14H18O3. The highest BCUT2D eigenvalue weighted by atomic mass is 16.5. The van der Waals surface area contributed by atoms with E-state index < -0.39 is 5.97 Å². The fourth-order valence-corrected chi connectivity index (χ4v) is 2.23. The van der Waals surface area contributed by atoms with E-state index in [4.69, 9.17) is 9.84 Å². The van der Waals surface area contributed by atoms with Crippen LogP contribution in [-0.2, 0) is 17.6 Å². The van der Waals surface area contributed by atoms with Gasteiger partial charge < -0.3 is 9.84 Å². The molecule has 0 amide bonds. The van der Waals surface area contributed by atoms with E-state index in [1.807, 2.05) is 6.07 Å². The van der Waals surface area contributed by atoms with E-state index in [1.165, 1.54) is 5.56 Å². The second-order valence-electron chi connectivity index (χ2n) is 5.23. The van der Waals surface area contributed by atoms with Crippen LogP contribution >= 0.6 is 0 Å². The maximum absolute atomic E-state index is 10.4. The van der Waals surface area contributed by atoms with E-state index in [2.05, 4.69) is 26.0 Å². The first-order valence-electron chi connectivity index (χ1n) is 5.99. The summed E-state index contributed by atoms with van der Waals surface area (Å²) in [5.74, 6) is 0.228. The predicted molar refractivity (Wildman–Crippen MR) is 65.4 cm³/mol. The van der Waals surface area contributed by atoms with E-state index in [0.717, 1.165) is 24.2 Å². The fourth-order valence-electron chi connectivity index (χ4n) is 2.23. The fraction of sp³-hybridized carbons (Fsp3) is 0.500. The minimum Gasteiger partial charge on any atom is -0.487 e. The lowest BCUT2D eigenvalue weighted by Crippen LogP contribution is -2.24. The van der Waals surface area contributed by atoms with Crippen LogP contribution in [0.5, 0.6) is 5.75 Å². The zero-order valence-corrected chi connectivity index (χ0v) is 10.3. The van der Waals surface area contributed by atoms with Crippen molar-refractivity contribution >= 4 is 5.97 Å². The second kappa shape index (κ2) is 4.40. The smallest absolute Gasteiger partial charge is 0.303 e. The third-order valence-electron chi connectivity index (χ3n) is 2.99. The normalized spacial score (nSPS) is 16.4. The van der Waals surface area contributed by atoms with Gasteiger partial charge in [-0.1, -0.05) is 12.1 Å². The van der Waals surface area contributed by atoms with Crippen LogP contribution in [0.1, 0.15) is 37.8 Å². The molecule has 1 heterocycles. The van der Waals surface area contributed by atoms with Gasteiger partial charge in [0.15, 0.2) is 0 Å². The van der Waals surface area contributed by atoms with Crippen molar-refractivity contribution in [2.24, 2.45) is 0 Å². The monoisotopic (exact) mass is 234 g/mol. The maximum Gasteiger partial charge on any atom is 0.303 e. The number of hydrogen-bond acceptors (Lipinski definition) is 2. The average Bonchev–Trinajstić information content (AvgIpc) is 2.50. The van der Waals surface area contributed by atoms with E-state index >= 15 is 0 Å². The Kier molecular flexibility index (Phi) is 3.09. The summed E-state index contributed by atoms with van der Waals surface area (Å²) in [6, 6.07) is 6.22. The Bertz CT molecular complexity index is 435. The number of carboxylic acid groups (broad SMARTS) is 1. The summed E-state index contributed by atoms with van der Waals surface area (Å²) in [6.45, 7) is 4.16. The van der Waals surface area contributed by atoms with Crippen molar-refractivity contribution < 1.29 is 14.6 Å². The number of ether oxygens (including phenoxy) is 1. The Morgan fingerprint density at radius 1 is 1.47 bits per heavy atom. The van der Waals surface area contributed by atoms with Crippen molar-refractivity contribution in [2.75, 3.05) is 0 Å². The van der Waals surface area contributed by atoms with Gasteiger partial charge in [-0.05, 0) is 43.9 Å². The molecule has 0 saturated heterocycles. The van der Waals surface area contributed by atoms with Gasteiger partial charge in [0, 0.05) is 12.8 Å². The van der Waals surface area contributed by atoms with Crippen molar-refractivity contribution in [1.29, 1.82) is 0 Å². The molecule has 1 aliphatic heterocycles. The molecule has 0 spiro atoms. The molecule has 0 aliphatic carbocycles. The summed E-state index contributed by atoms with van der Waals surface area (Å²) in [5.41, 5.74) is 2.29. The van der Waals surface area contributed by atoms with Crippen LogP contribution in [0.2, 0.25) is 0 Å². The Labute approximate surface area is 101 Å². The lowest BCUT2D eigenvalue weighted by Gasteiger charge is -2.16. The minimum absolute atomic E-state index is 0.109. The van der Waals surface area contributed by atoms with Gasteiger partial charge in [0.25, 0.3) is 0 Å². The van der Waals surface area contributed by atoms with E-state index in [0.29, 0.717) is 6.42 Å². The largest absolute Gasteiger partial charge is 0.487 e. The third-order valence-corrected chi connectivity index (χ3v) is 2.99. The number of aliphatic carboxylic acids is 1. The van der Waals surface area contributed by atoms with Gasteiger partial charge in [0.1, 0.15) is 11.4 Å². The lowest BCUT2D eigenvalue weighted by molar-refractivity contribution is -0.137. The molecule has 0 saturated carbocycles. The summed E-state index contributed by atoms with van der Waals surface area (Å²) in [6.07, 6.45) is 2.64. The lowest BCUT2D eigenvalue weighted by atomic mass is 10.00. The van der Waals surface area contributed by atoms with Crippen molar-refractivity contribution in [1.82, 2.24) is 0 Å². The van der Waals surface area contributed by atoms with Crippen LogP contribution in [0, 0.1) is 0 Å². The molecule has 2 rings (SSSR count). The summed E-state index contributed by atoms with van der Waals surface area (Å²) >= 11 is 0. The molecule has 0 unspecified atom stereocenters. The number of carboxylic acids is 1. The van der Waals surface area contributed by atoms with Crippen LogP contribution < -0.4 is 4.74 Å². The Balaban J connectivity index is 2.01. The third kappa shape index (κ3) is 2.99. The van der Waals surface area contributed by atoms with Gasteiger partial charge in [0.2, 0.25) is 0 Å². The summed E-state index contributed by atoms with van der Waals surface area (Å²) in [4.78, 5) is 10.4. The summed E-state index contributed by atoms with van der Waals surface area (Å²) in [5, 5.41) is 8.59. The molecule has 0 aromatic heterocycles. The predicted octanol–water partition coefficient (Wildman–Crippen LogP) is 2.81. The Hall–Kier alpha value is -1.51. The number of benzene rings is 1. The van der Waals surface area contributed by atoms with Gasteiger partial charge in [-0.15, -0.1) is 0 Å². The number of hydrogen-bond donors (Lipinski definition) is 1. The first-order valence-corrected chi connectivity index (χ1v) is 5.99. The second-order valence-corrected chi connectivity index (χ2v) is 5.23. The van der Waals surface area contributed by atoms with E-state index in [-0.39, 0.29) is 12.0 Å². The quantitative estimate of drug-likeness (QED) is 0.871. The standard InChI is InChI=1S/C14H18O3/c1-14(2)9-11-7-6-10(8-12(11)17-14)4-3-5-13(15)16/h6-8H,3-5,9H2,1-2H3,(H,15,16). The van der Waals surface area contributed by atoms with Crippen LogP contribution in [0.25, 0.3) is 0 Å². The Morgan fingerprint density at radius 3 is 2.94 bits per heavy atom. The van der Waals surface area contributed by atoms with Gasteiger partial charge in [0.05, 0.1) is 0 Å². The molecule has 3 nitrogen and oxygen atoms in total. The topological polar surface area (TPSA) is 46.5 Å². The van der Waals surface area contributed by atoms with Gasteiger partial charge in [-0.2, -0.15) is 0 Å². The molecule has 1 N–H and O–H groups in total. The van der Waals surface area contributed by atoms with Gasteiger partial charge >= 0.3 is 5.97 Å². The molecule has 1 aromatic carbocycles. The first kappa shape index (κ1) is 12.0. The molecule has 0 fully saturated rings. The maximum atomic E-state index is 10.4. The zero-order valence-electron chi connectivity index (χ0n) is 10.3. The van der Waals surface area contributed by atoms with E-state index in [9.17, 15) is 4.79 Å². The zero-order chi connectivity index (χ0) is 12.5. The SMILES string of the molecule is CC1(C)Cc2ccc(CCCC(=O)O)cc2O1. The summed E-state index contributed by atoms with van der Waals surface area (Å²) in [7, 11) is 0. The number of rotatable bonds is 4. The average molecular weight is 234 g/mol. The highest BCUT2D eigenvalue weighted by Crippen LogP contribution is 2.35. The van der Waals surface area contributed by atoms with Crippen molar-refractivity contribution in [3.8, 4) is 5.75 Å². The number of aryl methyl sites for hydroxylation is 1. The van der Waals surface area contributed by atoms with Crippen molar-refractivity contribution in [3.05, 3.63) is 29.3 Å². The van der Waals surface area contributed by atoms with Crippen molar-refractivity contribution in [2.45, 2.75) is 45.1 Å². The Morgan fingerprint density at radius 2 is 2.24 bits per heavy atom. The molecular weight excluding hydrogens is 216 g/mol. The number of carbonyl (C=O) groups is 1. The molecule has 0 radical (unpaired) electrons. The molecule has 0 bridgehead atoms. The molecule has 92 valence electrons. The van der Waals surface area contributed by atoms with Crippen LogP contribution in [0.4, 0.5) is 0 Å². The minimum atomic E-state index is -0.733. The van der Waals surface area contributed by atoms with Crippen molar-refractivity contribution in [3.63, 3.8) is 0 Å². The molecule has 0 atom stereocenters. The molecule has 1 aliphatic rings.